The van der Waals surface area contributed by atoms with E-state index in [1.807, 2.05) is 42.5 Å². The average molecular weight is 615 g/mol. The van der Waals surface area contributed by atoms with Crippen LogP contribution in [0.4, 0.5) is 0 Å². The second kappa shape index (κ2) is 11.5. The molecule has 4 nitrogen and oxygen atoms in total. The predicted octanol–water partition coefficient (Wildman–Crippen LogP) is 11.1. The topological polar surface area (TPSA) is 51.6 Å². The van der Waals surface area contributed by atoms with Gasteiger partial charge in [-0.2, -0.15) is 0 Å². The van der Waals surface area contributed by atoms with E-state index in [2.05, 4.69) is 116 Å². The van der Waals surface area contributed by atoms with Crippen LogP contribution in [0.25, 0.3) is 88.6 Å². The third-order valence-corrected chi connectivity index (χ3v) is 9.25. The Morgan fingerprint density at radius 2 is 0.812 bits per heavy atom. The fraction of sp³-hybridized carbons (Fsp3) is 0.0455. The molecule has 9 aromatic rings. The van der Waals surface area contributed by atoms with Crippen molar-refractivity contribution < 1.29 is 0 Å². The van der Waals surface area contributed by atoms with E-state index in [4.69, 9.17) is 19.9 Å². The molecule has 0 aliphatic heterocycles. The number of nitrogens with zero attached hydrogens (tertiary/aromatic N) is 4. The second-order valence-corrected chi connectivity index (χ2v) is 12.1. The largest absolute Gasteiger partial charge is 0.245 e. The van der Waals surface area contributed by atoms with Gasteiger partial charge in [0.25, 0.3) is 0 Å². The van der Waals surface area contributed by atoms with Crippen molar-refractivity contribution in [3.8, 4) is 45.2 Å². The summed E-state index contributed by atoms with van der Waals surface area (Å²) in [5, 5.41) is 5.63. The van der Waals surface area contributed by atoms with Gasteiger partial charge in [0.05, 0.1) is 45.0 Å². The molecular formula is C44H30N4. The van der Waals surface area contributed by atoms with Gasteiger partial charge >= 0.3 is 0 Å². The van der Waals surface area contributed by atoms with Crippen molar-refractivity contribution in [1.29, 1.82) is 0 Å². The van der Waals surface area contributed by atoms with Crippen LogP contribution in [0.3, 0.4) is 0 Å². The molecule has 0 aliphatic carbocycles. The van der Waals surface area contributed by atoms with Crippen LogP contribution in [0.1, 0.15) is 12.5 Å². The van der Waals surface area contributed by atoms with Crippen molar-refractivity contribution >= 4 is 43.5 Å². The first-order chi connectivity index (χ1) is 23.7. The number of fused-ring (bicyclic) bond motifs is 6. The molecule has 4 aromatic heterocycles. The average Bonchev–Trinajstić information content (AvgIpc) is 3.17. The van der Waals surface area contributed by atoms with E-state index in [0.29, 0.717) is 0 Å². The van der Waals surface area contributed by atoms with Crippen molar-refractivity contribution in [2.45, 2.75) is 13.3 Å². The van der Waals surface area contributed by atoms with Crippen LogP contribution in [0, 0.1) is 0 Å². The predicted molar refractivity (Wildman–Crippen MR) is 199 cm³/mol. The summed E-state index contributed by atoms with van der Waals surface area (Å²) in [5.41, 5.74) is 11.8. The number of benzene rings is 5. The van der Waals surface area contributed by atoms with E-state index < -0.39 is 0 Å². The highest BCUT2D eigenvalue weighted by atomic mass is 14.8. The molecule has 0 spiro atoms. The van der Waals surface area contributed by atoms with E-state index in [0.717, 1.165) is 73.2 Å². The van der Waals surface area contributed by atoms with Crippen LogP contribution < -0.4 is 0 Å². The molecule has 0 unspecified atom stereocenters. The van der Waals surface area contributed by atoms with E-state index in [-0.39, 0.29) is 0 Å². The van der Waals surface area contributed by atoms with Gasteiger partial charge in [-0.25, -0.2) is 19.9 Å². The number of pyridine rings is 4. The molecule has 0 bridgehead atoms. The number of aromatic nitrogens is 4. The standard InChI is InChI=1S/C44H30N4/c1-2-34-35(28-10-5-3-6-11-28)24-20-30-16-17-31-22-26-39(47-42(31)41(30)34)37-14-9-15-38(45-37)40-27-23-33-19-18-32-21-25-36(29-12-7-4-8-13-29)46-43(32)44(33)48-40/h3-27H,2H2,1H3. The smallest absolute Gasteiger partial charge is 0.0973 e. The van der Waals surface area contributed by atoms with Gasteiger partial charge in [-0.15, -0.1) is 0 Å². The van der Waals surface area contributed by atoms with Gasteiger partial charge in [-0.05, 0) is 58.8 Å². The lowest BCUT2D eigenvalue weighted by atomic mass is 9.91. The van der Waals surface area contributed by atoms with Crippen molar-refractivity contribution in [3.05, 3.63) is 157 Å². The fourth-order valence-electron chi connectivity index (χ4n) is 6.87. The van der Waals surface area contributed by atoms with Gasteiger partial charge in [0.15, 0.2) is 0 Å². The molecule has 0 aliphatic rings. The zero-order chi connectivity index (χ0) is 32.0. The lowest BCUT2D eigenvalue weighted by Gasteiger charge is -2.14. The van der Waals surface area contributed by atoms with Crippen molar-refractivity contribution in [1.82, 2.24) is 19.9 Å². The molecule has 0 N–H and O–H groups in total. The maximum absolute atomic E-state index is 5.29. The van der Waals surface area contributed by atoms with Crippen LogP contribution in [0.15, 0.2) is 152 Å². The lowest BCUT2D eigenvalue weighted by molar-refractivity contribution is 1.16. The summed E-state index contributed by atoms with van der Waals surface area (Å²) in [4.78, 5) is 20.6. The minimum Gasteiger partial charge on any atom is -0.245 e. The first-order valence-corrected chi connectivity index (χ1v) is 16.4. The van der Waals surface area contributed by atoms with E-state index in [1.54, 1.807) is 0 Å². The van der Waals surface area contributed by atoms with Crippen LogP contribution in [-0.4, -0.2) is 19.9 Å². The zero-order valence-corrected chi connectivity index (χ0v) is 26.4. The Morgan fingerprint density at radius 3 is 1.44 bits per heavy atom. The van der Waals surface area contributed by atoms with Crippen LogP contribution in [0.2, 0.25) is 0 Å². The monoisotopic (exact) mass is 614 g/mol. The van der Waals surface area contributed by atoms with Gasteiger partial charge in [0.1, 0.15) is 0 Å². The third kappa shape index (κ3) is 4.78. The Morgan fingerprint density at radius 1 is 0.354 bits per heavy atom. The number of aryl methyl sites for hydroxylation is 1. The molecule has 0 saturated heterocycles. The molecule has 0 fully saturated rings. The van der Waals surface area contributed by atoms with Crippen LogP contribution in [0.5, 0.6) is 0 Å². The van der Waals surface area contributed by atoms with E-state index in [1.165, 1.54) is 27.5 Å². The highest BCUT2D eigenvalue weighted by Crippen LogP contribution is 2.36. The number of hydrogen-bond acceptors (Lipinski definition) is 4. The molecule has 9 rings (SSSR count). The summed E-state index contributed by atoms with van der Waals surface area (Å²) < 4.78 is 0. The second-order valence-electron chi connectivity index (χ2n) is 12.1. The first kappa shape index (κ1) is 28.0. The number of hydrogen-bond donors (Lipinski definition) is 0. The molecule has 0 saturated carbocycles. The minimum absolute atomic E-state index is 0.797. The maximum atomic E-state index is 5.29. The Balaban J connectivity index is 1.17. The van der Waals surface area contributed by atoms with Gasteiger partial charge in [-0.3, -0.25) is 0 Å². The Labute approximate surface area is 278 Å². The Bertz CT molecular complexity index is 2650. The number of rotatable bonds is 5. The SMILES string of the molecule is CCc1c(-c2ccccc2)ccc2ccc3ccc(-c4cccc(-c5ccc6ccc7ccc(-c8ccccc8)nc7c6n5)n4)nc3c12. The van der Waals surface area contributed by atoms with Crippen LogP contribution >= 0.6 is 0 Å². The van der Waals surface area contributed by atoms with Crippen molar-refractivity contribution in [2.24, 2.45) is 0 Å². The lowest BCUT2D eigenvalue weighted by Crippen LogP contribution is -1.96. The summed E-state index contributed by atoms with van der Waals surface area (Å²) >= 11 is 0. The summed E-state index contributed by atoms with van der Waals surface area (Å²) in [6.45, 7) is 2.23. The summed E-state index contributed by atoms with van der Waals surface area (Å²) in [6, 6.07) is 52.6. The first-order valence-electron chi connectivity index (χ1n) is 16.4. The van der Waals surface area contributed by atoms with Crippen LogP contribution in [-0.2, 0) is 6.42 Å². The minimum atomic E-state index is 0.797. The molecule has 48 heavy (non-hydrogen) atoms. The quantitative estimate of drug-likeness (QED) is 0.181. The fourth-order valence-corrected chi connectivity index (χ4v) is 6.87. The highest BCUT2D eigenvalue weighted by molar-refractivity contribution is 6.09. The molecule has 0 radical (unpaired) electrons. The van der Waals surface area contributed by atoms with Gasteiger partial charge in [-0.1, -0.05) is 128 Å². The van der Waals surface area contributed by atoms with Gasteiger partial charge in [0, 0.05) is 27.1 Å². The maximum Gasteiger partial charge on any atom is 0.0973 e. The highest BCUT2D eigenvalue weighted by Gasteiger charge is 2.15. The molecule has 4 heteroatoms. The van der Waals surface area contributed by atoms with Crippen molar-refractivity contribution in [3.63, 3.8) is 0 Å². The summed E-state index contributed by atoms with van der Waals surface area (Å²) in [5.74, 6) is 0. The zero-order valence-electron chi connectivity index (χ0n) is 26.4. The van der Waals surface area contributed by atoms with Gasteiger partial charge < -0.3 is 0 Å². The molecule has 0 amide bonds. The normalized spacial score (nSPS) is 11.5. The summed E-state index contributed by atoms with van der Waals surface area (Å²) in [6.07, 6.45) is 0.907. The van der Waals surface area contributed by atoms with Gasteiger partial charge in [0.2, 0.25) is 0 Å². The van der Waals surface area contributed by atoms with E-state index >= 15 is 0 Å². The Kier molecular flexibility index (Phi) is 6.72. The third-order valence-electron chi connectivity index (χ3n) is 9.25. The molecular weight excluding hydrogens is 585 g/mol. The molecule has 0 atom stereocenters. The summed E-state index contributed by atoms with van der Waals surface area (Å²) in [7, 11) is 0. The van der Waals surface area contributed by atoms with E-state index in [9.17, 15) is 0 Å². The Hall–Kier alpha value is -6.26. The molecule has 4 heterocycles. The molecule has 226 valence electrons. The molecule has 5 aromatic carbocycles. The van der Waals surface area contributed by atoms with Crippen molar-refractivity contribution in [2.75, 3.05) is 0 Å².